The van der Waals surface area contributed by atoms with Gasteiger partial charge in [0.2, 0.25) is 5.91 Å². The van der Waals surface area contributed by atoms with Gasteiger partial charge in [0.15, 0.2) is 0 Å². The number of hydrogen-bond donors (Lipinski definition) is 2. The van der Waals surface area contributed by atoms with Gasteiger partial charge in [-0.05, 0) is 30.5 Å². The molecule has 132 valence electrons. The van der Waals surface area contributed by atoms with Crippen molar-refractivity contribution in [1.29, 1.82) is 0 Å². The van der Waals surface area contributed by atoms with E-state index in [-0.39, 0.29) is 11.9 Å². The van der Waals surface area contributed by atoms with Gasteiger partial charge in [-0.1, -0.05) is 60.7 Å². The van der Waals surface area contributed by atoms with Crippen LogP contribution in [0, 0.1) is 5.92 Å². The highest BCUT2D eigenvalue weighted by Gasteiger charge is 2.33. The van der Waals surface area contributed by atoms with Gasteiger partial charge in [0.1, 0.15) is 0 Å². The fourth-order valence-corrected chi connectivity index (χ4v) is 3.72. The van der Waals surface area contributed by atoms with Crippen LogP contribution in [-0.4, -0.2) is 37.0 Å². The van der Waals surface area contributed by atoms with E-state index in [4.69, 9.17) is 5.73 Å². The fourth-order valence-electron chi connectivity index (χ4n) is 3.72. The van der Waals surface area contributed by atoms with Crippen molar-refractivity contribution in [3.8, 4) is 0 Å². The van der Waals surface area contributed by atoms with Crippen LogP contribution in [0.5, 0.6) is 0 Å². The summed E-state index contributed by atoms with van der Waals surface area (Å²) in [7, 11) is 0. The normalized spacial score (nSPS) is 21.8. The number of nitrogens with one attached hydrogen (secondary N) is 1. The molecule has 1 unspecified atom stereocenters. The van der Waals surface area contributed by atoms with Crippen LogP contribution in [-0.2, 0) is 4.79 Å². The first-order valence-electron chi connectivity index (χ1n) is 8.99. The zero-order valence-corrected chi connectivity index (χ0v) is 14.8. The molecule has 1 aliphatic heterocycles. The Labute approximate surface area is 150 Å². The first kappa shape index (κ1) is 17.6. The third kappa shape index (κ3) is 4.47. The van der Waals surface area contributed by atoms with E-state index in [1.807, 2.05) is 43.3 Å². The largest absolute Gasteiger partial charge is 0.348 e. The van der Waals surface area contributed by atoms with Crippen LogP contribution in [0.25, 0.3) is 0 Å². The summed E-state index contributed by atoms with van der Waals surface area (Å²) in [5.41, 5.74) is 8.43. The molecule has 2 aromatic rings. The van der Waals surface area contributed by atoms with Crippen LogP contribution in [0.4, 0.5) is 0 Å². The van der Waals surface area contributed by atoms with E-state index in [0.717, 1.165) is 18.7 Å². The van der Waals surface area contributed by atoms with Crippen molar-refractivity contribution in [2.45, 2.75) is 18.9 Å². The molecule has 1 saturated heterocycles. The van der Waals surface area contributed by atoms with Gasteiger partial charge >= 0.3 is 0 Å². The number of amides is 1. The first-order chi connectivity index (χ1) is 12.2. The summed E-state index contributed by atoms with van der Waals surface area (Å²) in [6.07, 6.45) is 0. The Balaban J connectivity index is 1.57. The van der Waals surface area contributed by atoms with Gasteiger partial charge in [-0.3, -0.25) is 9.69 Å². The molecule has 0 aromatic heterocycles. The summed E-state index contributed by atoms with van der Waals surface area (Å²) in [5.74, 6) is 0.883. The van der Waals surface area contributed by atoms with Gasteiger partial charge in [0, 0.05) is 19.0 Å². The molecular weight excluding hydrogens is 310 g/mol. The molecule has 3 N–H and O–H groups in total. The van der Waals surface area contributed by atoms with Gasteiger partial charge in [-0.15, -0.1) is 0 Å². The van der Waals surface area contributed by atoms with Crippen LogP contribution >= 0.6 is 0 Å². The minimum absolute atomic E-state index is 0.0199. The second-order valence-electron chi connectivity index (χ2n) is 6.91. The van der Waals surface area contributed by atoms with E-state index in [9.17, 15) is 4.79 Å². The highest BCUT2D eigenvalue weighted by molar-refractivity contribution is 5.78. The number of likely N-dealkylation sites (tertiary alicyclic amines) is 1. The molecule has 0 spiro atoms. The maximum atomic E-state index is 12.4. The molecular formula is C21H27N3O. The molecule has 0 radical (unpaired) electrons. The predicted molar refractivity (Wildman–Crippen MR) is 101 cm³/mol. The molecule has 3 atom stereocenters. The summed E-state index contributed by atoms with van der Waals surface area (Å²) >= 11 is 0. The molecule has 0 aliphatic carbocycles. The van der Waals surface area contributed by atoms with Crippen molar-refractivity contribution in [2.24, 2.45) is 11.7 Å². The fraction of sp³-hybridized carbons (Fsp3) is 0.381. The van der Waals surface area contributed by atoms with Crippen molar-refractivity contribution >= 4 is 5.91 Å². The molecule has 0 saturated carbocycles. The lowest BCUT2D eigenvalue weighted by Crippen LogP contribution is -2.37. The maximum absolute atomic E-state index is 12.4. The highest BCUT2D eigenvalue weighted by atomic mass is 16.2. The first-order valence-corrected chi connectivity index (χ1v) is 8.99. The Morgan fingerprint density at radius 3 is 2.40 bits per heavy atom. The summed E-state index contributed by atoms with van der Waals surface area (Å²) in [4.78, 5) is 14.7. The number of nitrogens with two attached hydrogens (primary N) is 1. The van der Waals surface area contributed by atoms with Crippen LogP contribution < -0.4 is 11.1 Å². The summed E-state index contributed by atoms with van der Waals surface area (Å²) in [5, 5.41) is 3.10. The van der Waals surface area contributed by atoms with Gasteiger partial charge in [-0.25, -0.2) is 0 Å². The predicted octanol–water partition coefficient (Wildman–Crippen LogP) is 2.54. The quantitative estimate of drug-likeness (QED) is 0.852. The average molecular weight is 337 g/mol. The lowest BCUT2D eigenvalue weighted by atomic mass is 9.89. The van der Waals surface area contributed by atoms with Crippen molar-refractivity contribution in [2.75, 3.05) is 26.2 Å². The van der Waals surface area contributed by atoms with Crippen molar-refractivity contribution in [1.82, 2.24) is 10.2 Å². The molecule has 2 aromatic carbocycles. The monoisotopic (exact) mass is 337 g/mol. The maximum Gasteiger partial charge on any atom is 0.234 e. The zero-order valence-electron chi connectivity index (χ0n) is 14.8. The number of nitrogens with zero attached hydrogens (tertiary/aromatic N) is 1. The number of carbonyl (C=O) groups is 1. The second kappa shape index (κ2) is 8.28. The van der Waals surface area contributed by atoms with Gasteiger partial charge in [-0.2, -0.15) is 0 Å². The van der Waals surface area contributed by atoms with Crippen LogP contribution in [0.2, 0.25) is 0 Å². The Morgan fingerprint density at radius 1 is 1.12 bits per heavy atom. The highest BCUT2D eigenvalue weighted by Crippen LogP contribution is 2.31. The van der Waals surface area contributed by atoms with Gasteiger partial charge in [0.05, 0.1) is 12.6 Å². The van der Waals surface area contributed by atoms with Crippen molar-refractivity contribution < 1.29 is 4.79 Å². The minimum atomic E-state index is 0.0199. The summed E-state index contributed by atoms with van der Waals surface area (Å²) in [6, 6.07) is 20.6. The van der Waals surface area contributed by atoms with Crippen molar-refractivity contribution in [3.63, 3.8) is 0 Å². The standard InChI is InChI=1S/C21H27N3O/c1-16(17-8-4-2-5-9-17)23-21(25)15-24-13-19(12-22)20(14-24)18-10-6-3-7-11-18/h2-11,16,19-20H,12-15,22H2,1H3,(H,23,25)/t16?,19-,20+/m1/s1. The number of benzene rings is 2. The van der Waals surface area contributed by atoms with Crippen LogP contribution in [0.1, 0.15) is 30.0 Å². The molecule has 1 heterocycles. The second-order valence-corrected chi connectivity index (χ2v) is 6.91. The van der Waals surface area contributed by atoms with E-state index in [1.165, 1.54) is 5.56 Å². The molecule has 4 heteroatoms. The average Bonchev–Trinajstić information content (AvgIpc) is 3.05. The third-order valence-corrected chi connectivity index (χ3v) is 5.09. The van der Waals surface area contributed by atoms with E-state index in [0.29, 0.717) is 24.9 Å². The molecule has 1 amide bonds. The number of rotatable bonds is 6. The minimum Gasteiger partial charge on any atom is -0.348 e. The van der Waals surface area contributed by atoms with Gasteiger partial charge < -0.3 is 11.1 Å². The number of carbonyl (C=O) groups excluding carboxylic acids is 1. The Bertz CT molecular complexity index is 674. The Kier molecular flexibility index (Phi) is 5.84. The summed E-state index contributed by atoms with van der Waals surface area (Å²) < 4.78 is 0. The molecule has 1 aliphatic rings. The Hall–Kier alpha value is -2.17. The lowest BCUT2D eigenvalue weighted by Gasteiger charge is -2.19. The molecule has 4 nitrogen and oxygen atoms in total. The van der Waals surface area contributed by atoms with Crippen molar-refractivity contribution in [3.05, 3.63) is 71.8 Å². The third-order valence-electron chi connectivity index (χ3n) is 5.09. The SMILES string of the molecule is CC(NC(=O)CN1C[C@@H](CN)[C@H](c2ccccc2)C1)c1ccccc1. The molecule has 0 bridgehead atoms. The summed E-state index contributed by atoms with van der Waals surface area (Å²) in [6.45, 7) is 4.87. The topological polar surface area (TPSA) is 58.4 Å². The van der Waals surface area contributed by atoms with E-state index < -0.39 is 0 Å². The van der Waals surface area contributed by atoms with Crippen LogP contribution in [0.15, 0.2) is 60.7 Å². The molecule has 3 rings (SSSR count). The number of hydrogen-bond acceptors (Lipinski definition) is 3. The smallest absolute Gasteiger partial charge is 0.234 e. The Morgan fingerprint density at radius 2 is 1.76 bits per heavy atom. The van der Waals surface area contributed by atoms with E-state index in [2.05, 4.69) is 34.5 Å². The molecule has 25 heavy (non-hydrogen) atoms. The zero-order chi connectivity index (χ0) is 17.6. The van der Waals surface area contributed by atoms with Gasteiger partial charge in [0.25, 0.3) is 0 Å². The molecule has 1 fully saturated rings. The van der Waals surface area contributed by atoms with E-state index in [1.54, 1.807) is 0 Å². The van der Waals surface area contributed by atoms with Crippen LogP contribution in [0.3, 0.4) is 0 Å². The van der Waals surface area contributed by atoms with E-state index >= 15 is 0 Å². The lowest BCUT2D eigenvalue weighted by molar-refractivity contribution is -0.122.